The Bertz CT molecular complexity index is 416. The van der Waals surface area contributed by atoms with E-state index in [1.165, 1.54) is 0 Å². The molecule has 1 saturated heterocycles. The third kappa shape index (κ3) is 3.20. The van der Waals surface area contributed by atoms with Crippen molar-refractivity contribution in [1.29, 1.82) is 0 Å². The van der Waals surface area contributed by atoms with Crippen LogP contribution in [-0.4, -0.2) is 58.2 Å². The van der Waals surface area contributed by atoms with E-state index in [0.29, 0.717) is 0 Å². The molecule has 0 bridgehead atoms. The molecule has 1 unspecified atom stereocenters. The Morgan fingerprint density at radius 1 is 1.21 bits per heavy atom. The lowest BCUT2D eigenvalue weighted by atomic mass is 10.0. The van der Waals surface area contributed by atoms with Crippen LogP contribution in [0.1, 0.15) is 13.8 Å². The van der Waals surface area contributed by atoms with Crippen LogP contribution in [0.25, 0.3) is 0 Å². The SMILES string of the molecule is CC(C)C(C(=O)O)N1CCN(c2ncccn2)CC1. The topological polar surface area (TPSA) is 69.6 Å². The number of anilines is 1. The number of rotatable bonds is 4. The zero-order valence-corrected chi connectivity index (χ0v) is 11.4. The molecule has 1 aromatic rings. The van der Waals surface area contributed by atoms with Crippen LogP contribution in [0.4, 0.5) is 5.95 Å². The first-order valence-electron chi connectivity index (χ1n) is 6.58. The minimum atomic E-state index is -0.737. The Balaban J connectivity index is 1.97. The zero-order valence-electron chi connectivity index (χ0n) is 11.4. The minimum absolute atomic E-state index is 0.108. The molecule has 6 nitrogen and oxygen atoms in total. The molecule has 0 aliphatic carbocycles. The maximum atomic E-state index is 11.3. The first kappa shape index (κ1) is 13.7. The number of carbonyl (C=O) groups is 1. The third-order valence-corrected chi connectivity index (χ3v) is 3.43. The first-order valence-corrected chi connectivity index (χ1v) is 6.58. The molecule has 0 saturated carbocycles. The Kier molecular flexibility index (Phi) is 4.31. The minimum Gasteiger partial charge on any atom is -0.480 e. The van der Waals surface area contributed by atoms with Gasteiger partial charge in [0.25, 0.3) is 0 Å². The monoisotopic (exact) mass is 264 g/mol. The lowest BCUT2D eigenvalue weighted by Crippen LogP contribution is -2.54. The van der Waals surface area contributed by atoms with E-state index in [4.69, 9.17) is 0 Å². The molecule has 1 N–H and O–H groups in total. The summed E-state index contributed by atoms with van der Waals surface area (Å²) in [5.74, 6) is 0.0926. The van der Waals surface area contributed by atoms with Gasteiger partial charge in [-0.25, -0.2) is 9.97 Å². The lowest BCUT2D eigenvalue weighted by Gasteiger charge is -2.38. The number of nitrogens with zero attached hydrogens (tertiary/aromatic N) is 4. The van der Waals surface area contributed by atoms with Crippen LogP contribution in [0.3, 0.4) is 0 Å². The van der Waals surface area contributed by atoms with E-state index in [0.717, 1.165) is 32.1 Å². The van der Waals surface area contributed by atoms with Gasteiger partial charge in [-0.2, -0.15) is 0 Å². The van der Waals surface area contributed by atoms with Gasteiger partial charge in [0, 0.05) is 38.6 Å². The highest BCUT2D eigenvalue weighted by Crippen LogP contribution is 2.16. The largest absolute Gasteiger partial charge is 0.480 e. The zero-order chi connectivity index (χ0) is 13.8. The second-order valence-corrected chi connectivity index (χ2v) is 5.10. The molecule has 0 amide bonds. The molecule has 0 spiro atoms. The van der Waals surface area contributed by atoms with Crippen molar-refractivity contribution in [3.05, 3.63) is 18.5 Å². The molecule has 0 aromatic carbocycles. The summed E-state index contributed by atoms with van der Waals surface area (Å²) in [5.41, 5.74) is 0. The molecule has 6 heteroatoms. The van der Waals surface area contributed by atoms with Crippen molar-refractivity contribution in [2.24, 2.45) is 5.92 Å². The van der Waals surface area contributed by atoms with Gasteiger partial charge in [0.1, 0.15) is 6.04 Å². The van der Waals surface area contributed by atoms with Gasteiger partial charge in [0.2, 0.25) is 5.95 Å². The fourth-order valence-corrected chi connectivity index (χ4v) is 2.52. The van der Waals surface area contributed by atoms with Crippen molar-refractivity contribution in [2.45, 2.75) is 19.9 Å². The van der Waals surface area contributed by atoms with Crippen LogP contribution in [0.15, 0.2) is 18.5 Å². The number of aromatic nitrogens is 2. The third-order valence-electron chi connectivity index (χ3n) is 3.43. The summed E-state index contributed by atoms with van der Waals surface area (Å²) < 4.78 is 0. The van der Waals surface area contributed by atoms with Crippen molar-refractivity contribution >= 4 is 11.9 Å². The highest BCUT2D eigenvalue weighted by Gasteiger charge is 2.31. The smallest absolute Gasteiger partial charge is 0.321 e. The molecule has 0 radical (unpaired) electrons. The number of hydrogen-bond acceptors (Lipinski definition) is 5. The average molecular weight is 264 g/mol. The molecular formula is C13H20N4O2. The molecule has 1 aliphatic heterocycles. The van der Waals surface area contributed by atoms with Gasteiger partial charge in [-0.05, 0) is 12.0 Å². The average Bonchev–Trinajstić information content (AvgIpc) is 2.40. The van der Waals surface area contributed by atoms with E-state index in [-0.39, 0.29) is 5.92 Å². The summed E-state index contributed by atoms with van der Waals surface area (Å²) in [5, 5.41) is 9.30. The van der Waals surface area contributed by atoms with Crippen molar-refractivity contribution < 1.29 is 9.90 Å². The summed E-state index contributed by atoms with van der Waals surface area (Å²) in [4.78, 5) is 23.9. The van der Waals surface area contributed by atoms with E-state index in [1.807, 2.05) is 18.7 Å². The molecule has 1 atom stereocenters. The Hall–Kier alpha value is -1.69. The molecule has 19 heavy (non-hydrogen) atoms. The van der Waals surface area contributed by atoms with Crippen LogP contribution in [-0.2, 0) is 4.79 Å². The molecule has 104 valence electrons. The van der Waals surface area contributed by atoms with Crippen LogP contribution >= 0.6 is 0 Å². The van der Waals surface area contributed by atoms with Gasteiger partial charge < -0.3 is 10.0 Å². The Labute approximate surface area is 113 Å². The van der Waals surface area contributed by atoms with E-state index in [9.17, 15) is 9.90 Å². The second-order valence-electron chi connectivity index (χ2n) is 5.10. The highest BCUT2D eigenvalue weighted by molar-refractivity contribution is 5.73. The normalized spacial score (nSPS) is 18.6. The quantitative estimate of drug-likeness (QED) is 0.863. The van der Waals surface area contributed by atoms with E-state index in [2.05, 4.69) is 14.9 Å². The molecule has 1 aliphatic rings. The van der Waals surface area contributed by atoms with Gasteiger partial charge in [0.05, 0.1) is 0 Å². The number of carboxylic acids is 1. The number of hydrogen-bond donors (Lipinski definition) is 1. The van der Waals surface area contributed by atoms with E-state index < -0.39 is 12.0 Å². The van der Waals surface area contributed by atoms with Gasteiger partial charge in [-0.3, -0.25) is 9.69 Å². The lowest BCUT2D eigenvalue weighted by molar-refractivity contribution is -0.145. The van der Waals surface area contributed by atoms with Gasteiger partial charge in [-0.15, -0.1) is 0 Å². The maximum absolute atomic E-state index is 11.3. The van der Waals surface area contributed by atoms with Gasteiger partial charge >= 0.3 is 5.97 Å². The van der Waals surface area contributed by atoms with Crippen LogP contribution in [0.2, 0.25) is 0 Å². The number of carboxylic acid groups (broad SMARTS) is 1. The highest BCUT2D eigenvalue weighted by atomic mass is 16.4. The van der Waals surface area contributed by atoms with Crippen molar-refractivity contribution in [3.8, 4) is 0 Å². The second kappa shape index (κ2) is 5.97. The van der Waals surface area contributed by atoms with Crippen LogP contribution < -0.4 is 4.90 Å². The molecule has 1 aromatic heterocycles. The molecule has 2 heterocycles. The van der Waals surface area contributed by atoms with Crippen molar-refractivity contribution in [1.82, 2.24) is 14.9 Å². The summed E-state index contributed by atoms with van der Waals surface area (Å²) >= 11 is 0. The summed E-state index contributed by atoms with van der Waals surface area (Å²) in [7, 11) is 0. The predicted molar refractivity (Wildman–Crippen MR) is 72.1 cm³/mol. The van der Waals surface area contributed by atoms with Crippen LogP contribution in [0.5, 0.6) is 0 Å². The molecular weight excluding hydrogens is 244 g/mol. The predicted octanol–water partition coefficient (Wildman–Crippen LogP) is 0.708. The van der Waals surface area contributed by atoms with Crippen LogP contribution in [0, 0.1) is 5.92 Å². The fraction of sp³-hybridized carbons (Fsp3) is 0.615. The fourth-order valence-electron chi connectivity index (χ4n) is 2.52. The maximum Gasteiger partial charge on any atom is 0.321 e. The van der Waals surface area contributed by atoms with Crippen molar-refractivity contribution in [3.63, 3.8) is 0 Å². The standard InChI is InChI=1S/C13H20N4O2/c1-10(2)11(12(18)19)16-6-8-17(9-7-16)13-14-4-3-5-15-13/h3-5,10-11H,6-9H2,1-2H3,(H,18,19). The summed E-state index contributed by atoms with van der Waals surface area (Å²) in [6.45, 7) is 6.89. The Morgan fingerprint density at radius 2 is 1.79 bits per heavy atom. The van der Waals surface area contributed by atoms with Gasteiger partial charge in [-0.1, -0.05) is 13.8 Å². The summed E-state index contributed by atoms with van der Waals surface area (Å²) in [6, 6.07) is 1.39. The Morgan fingerprint density at radius 3 is 2.26 bits per heavy atom. The van der Waals surface area contributed by atoms with E-state index in [1.54, 1.807) is 18.5 Å². The number of aliphatic carboxylic acids is 1. The van der Waals surface area contributed by atoms with Crippen molar-refractivity contribution in [2.75, 3.05) is 31.1 Å². The molecule has 2 rings (SSSR count). The summed E-state index contributed by atoms with van der Waals surface area (Å²) in [6.07, 6.45) is 3.45. The number of piperazine rings is 1. The van der Waals surface area contributed by atoms with Gasteiger partial charge in [0.15, 0.2) is 0 Å². The molecule has 1 fully saturated rings. The first-order chi connectivity index (χ1) is 9.09. The van der Waals surface area contributed by atoms with E-state index >= 15 is 0 Å².